The zero-order chi connectivity index (χ0) is 9.19. The predicted molar refractivity (Wildman–Crippen MR) is 49.9 cm³/mol. The Morgan fingerprint density at radius 2 is 2.25 bits per heavy atom. The van der Waals surface area contributed by atoms with Crippen LogP contribution in [0, 0.1) is 0 Å². The van der Waals surface area contributed by atoms with E-state index in [1.807, 2.05) is 30.8 Å². The Hall–Kier alpha value is -0.830. The van der Waals surface area contributed by atoms with E-state index in [4.69, 9.17) is 5.73 Å². The second kappa shape index (κ2) is 3.27. The van der Waals surface area contributed by atoms with Gasteiger partial charge in [-0.2, -0.15) is 5.10 Å². The molecule has 0 aliphatic heterocycles. The van der Waals surface area contributed by atoms with Crippen LogP contribution in [-0.2, 0) is 13.0 Å². The summed E-state index contributed by atoms with van der Waals surface area (Å²) in [6.07, 6.45) is 2.70. The molecule has 0 radical (unpaired) electrons. The number of aromatic nitrogens is 2. The molecule has 3 heteroatoms. The molecule has 68 valence electrons. The second-order valence-electron chi connectivity index (χ2n) is 3.80. The lowest BCUT2D eigenvalue weighted by molar-refractivity contribution is 0.485. The first-order chi connectivity index (χ1) is 5.53. The molecule has 2 N–H and O–H groups in total. The van der Waals surface area contributed by atoms with Crippen LogP contribution in [0.4, 0.5) is 0 Å². The van der Waals surface area contributed by atoms with Crippen molar-refractivity contribution in [3.8, 4) is 0 Å². The molecule has 1 aromatic rings. The van der Waals surface area contributed by atoms with Gasteiger partial charge >= 0.3 is 0 Å². The average molecular weight is 167 g/mol. The predicted octanol–water partition coefficient (Wildman–Crippen LogP) is 1.18. The van der Waals surface area contributed by atoms with Gasteiger partial charge < -0.3 is 5.73 Å². The van der Waals surface area contributed by atoms with E-state index in [0.29, 0.717) is 0 Å². The lowest BCUT2D eigenvalue weighted by Crippen LogP contribution is -2.35. The van der Waals surface area contributed by atoms with Crippen molar-refractivity contribution in [2.75, 3.05) is 0 Å². The van der Waals surface area contributed by atoms with Gasteiger partial charge in [-0.1, -0.05) is 0 Å². The summed E-state index contributed by atoms with van der Waals surface area (Å²) in [7, 11) is 0. The molecule has 1 rings (SSSR count). The first-order valence-corrected chi connectivity index (χ1v) is 4.32. The summed E-state index contributed by atoms with van der Waals surface area (Å²) in [5.41, 5.74) is 6.98. The normalized spacial score (nSPS) is 12.0. The molecular weight excluding hydrogens is 150 g/mol. The van der Waals surface area contributed by atoms with Gasteiger partial charge in [0.05, 0.1) is 0 Å². The summed E-state index contributed by atoms with van der Waals surface area (Å²) in [6, 6.07) is 2.03. The summed E-state index contributed by atoms with van der Waals surface area (Å²) in [5, 5.41) is 4.18. The van der Waals surface area contributed by atoms with Crippen LogP contribution in [0.1, 0.15) is 26.5 Å². The molecule has 0 unspecified atom stereocenters. The Morgan fingerprint density at radius 3 is 2.75 bits per heavy atom. The molecule has 0 fully saturated rings. The van der Waals surface area contributed by atoms with E-state index in [-0.39, 0.29) is 5.54 Å². The van der Waals surface area contributed by atoms with E-state index in [0.717, 1.165) is 13.0 Å². The van der Waals surface area contributed by atoms with Crippen LogP contribution in [0.25, 0.3) is 0 Å². The Labute approximate surface area is 73.6 Å². The highest BCUT2D eigenvalue weighted by Gasteiger charge is 2.13. The maximum atomic E-state index is 5.91. The summed E-state index contributed by atoms with van der Waals surface area (Å²) in [4.78, 5) is 0. The van der Waals surface area contributed by atoms with Crippen molar-refractivity contribution in [3.05, 3.63) is 18.0 Å². The number of hydrogen-bond donors (Lipinski definition) is 1. The van der Waals surface area contributed by atoms with Crippen molar-refractivity contribution < 1.29 is 0 Å². The Balaban J connectivity index is 2.75. The molecule has 0 spiro atoms. The Kier molecular flexibility index (Phi) is 2.52. The van der Waals surface area contributed by atoms with Crippen LogP contribution in [0.5, 0.6) is 0 Å². The van der Waals surface area contributed by atoms with Crippen molar-refractivity contribution in [3.63, 3.8) is 0 Å². The fraction of sp³-hybridized carbons (Fsp3) is 0.667. The van der Waals surface area contributed by atoms with E-state index < -0.39 is 0 Å². The van der Waals surface area contributed by atoms with Crippen molar-refractivity contribution >= 4 is 0 Å². The van der Waals surface area contributed by atoms with E-state index in [1.54, 1.807) is 0 Å². The van der Waals surface area contributed by atoms with Gasteiger partial charge in [0.15, 0.2) is 0 Å². The molecule has 12 heavy (non-hydrogen) atoms. The third-order valence-electron chi connectivity index (χ3n) is 1.74. The van der Waals surface area contributed by atoms with Crippen molar-refractivity contribution in [2.45, 2.75) is 39.3 Å². The monoisotopic (exact) mass is 167 g/mol. The van der Waals surface area contributed by atoms with Gasteiger partial charge in [-0.05, 0) is 26.8 Å². The summed E-state index contributed by atoms with van der Waals surface area (Å²) in [5.74, 6) is 0. The SMILES string of the molecule is CCn1nccc1CC(C)(C)N. The van der Waals surface area contributed by atoms with E-state index in [2.05, 4.69) is 12.0 Å². The number of aryl methyl sites for hydroxylation is 1. The lowest BCUT2D eigenvalue weighted by Gasteiger charge is -2.18. The molecule has 0 bridgehead atoms. The standard InChI is InChI=1S/C9H17N3/c1-4-12-8(5-6-11-12)7-9(2,3)10/h5-6H,4,7,10H2,1-3H3. The van der Waals surface area contributed by atoms with Gasteiger partial charge in [0, 0.05) is 30.4 Å². The number of hydrogen-bond acceptors (Lipinski definition) is 2. The van der Waals surface area contributed by atoms with E-state index in [9.17, 15) is 0 Å². The van der Waals surface area contributed by atoms with Crippen molar-refractivity contribution in [1.82, 2.24) is 9.78 Å². The zero-order valence-electron chi connectivity index (χ0n) is 8.04. The number of nitrogens with two attached hydrogens (primary N) is 1. The van der Waals surface area contributed by atoms with E-state index in [1.165, 1.54) is 5.69 Å². The molecule has 1 heterocycles. The number of rotatable bonds is 3. The van der Waals surface area contributed by atoms with Crippen molar-refractivity contribution in [1.29, 1.82) is 0 Å². The van der Waals surface area contributed by atoms with Crippen LogP contribution in [0.2, 0.25) is 0 Å². The van der Waals surface area contributed by atoms with Gasteiger partial charge in [-0.3, -0.25) is 4.68 Å². The smallest absolute Gasteiger partial charge is 0.0492 e. The molecule has 0 amide bonds. The molecule has 3 nitrogen and oxygen atoms in total. The van der Waals surface area contributed by atoms with Gasteiger partial charge in [-0.15, -0.1) is 0 Å². The topological polar surface area (TPSA) is 43.8 Å². The fourth-order valence-electron chi connectivity index (χ4n) is 1.26. The largest absolute Gasteiger partial charge is 0.325 e. The minimum atomic E-state index is -0.146. The van der Waals surface area contributed by atoms with Crippen LogP contribution in [-0.4, -0.2) is 15.3 Å². The Morgan fingerprint density at radius 1 is 1.58 bits per heavy atom. The highest BCUT2D eigenvalue weighted by molar-refractivity contribution is 5.04. The quantitative estimate of drug-likeness (QED) is 0.734. The average Bonchev–Trinajstić information content (AvgIpc) is 2.31. The molecule has 0 aliphatic rings. The van der Waals surface area contributed by atoms with Gasteiger partial charge in [0.1, 0.15) is 0 Å². The van der Waals surface area contributed by atoms with Crippen LogP contribution in [0.3, 0.4) is 0 Å². The van der Waals surface area contributed by atoms with Crippen LogP contribution >= 0.6 is 0 Å². The molecule has 0 atom stereocenters. The maximum Gasteiger partial charge on any atom is 0.0492 e. The highest BCUT2D eigenvalue weighted by Crippen LogP contribution is 2.08. The first kappa shape index (κ1) is 9.26. The molecule has 1 aromatic heterocycles. The minimum Gasteiger partial charge on any atom is -0.325 e. The van der Waals surface area contributed by atoms with Crippen LogP contribution in [0.15, 0.2) is 12.3 Å². The highest BCUT2D eigenvalue weighted by atomic mass is 15.3. The third kappa shape index (κ3) is 2.34. The Bertz CT molecular complexity index is 245. The summed E-state index contributed by atoms with van der Waals surface area (Å²) in [6.45, 7) is 7.05. The minimum absolute atomic E-state index is 0.146. The number of nitrogens with zero attached hydrogens (tertiary/aromatic N) is 2. The molecule has 0 saturated heterocycles. The maximum absolute atomic E-state index is 5.91. The van der Waals surface area contributed by atoms with Crippen LogP contribution < -0.4 is 5.73 Å². The molecule has 0 aliphatic carbocycles. The third-order valence-corrected chi connectivity index (χ3v) is 1.74. The lowest BCUT2D eigenvalue weighted by atomic mass is 10.0. The van der Waals surface area contributed by atoms with Gasteiger partial charge in [0.2, 0.25) is 0 Å². The zero-order valence-corrected chi connectivity index (χ0v) is 8.04. The van der Waals surface area contributed by atoms with Gasteiger partial charge in [0.25, 0.3) is 0 Å². The second-order valence-corrected chi connectivity index (χ2v) is 3.80. The molecule has 0 saturated carbocycles. The summed E-state index contributed by atoms with van der Waals surface area (Å²) >= 11 is 0. The van der Waals surface area contributed by atoms with Crippen molar-refractivity contribution in [2.24, 2.45) is 5.73 Å². The van der Waals surface area contributed by atoms with Gasteiger partial charge in [-0.25, -0.2) is 0 Å². The first-order valence-electron chi connectivity index (χ1n) is 4.32. The summed E-state index contributed by atoms with van der Waals surface area (Å²) < 4.78 is 1.98. The molecular formula is C9H17N3. The van der Waals surface area contributed by atoms with E-state index >= 15 is 0 Å². The molecule has 0 aromatic carbocycles. The fourth-order valence-corrected chi connectivity index (χ4v) is 1.26.